The SMILES string of the molecule is O=C(Cc1ccccn1)NCC1CCC(c2nnc(-c3ccsc3)o2)CC1. The molecule has 0 saturated heterocycles. The van der Waals surface area contributed by atoms with E-state index < -0.39 is 0 Å². The van der Waals surface area contributed by atoms with E-state index in [1.54, 1.807) is 17.5 Å². The summed E-state index contributed by atoms with van der Waals surface area (Å²) in [7, 11) is 0. The Morgan fingerprint density at radius 3 is 2.81 bits per heavy atom. The molecule has 27 heavy (non-hydrogen) atoms. The van der Waals surface area contributed by atoms with Crippen molar-refractivity contribution in [2.24, 2.45) is 5.92 Å². The summed E-state index contributed by atoms with van der Waals surface area (Å²) in [5, 5.41) is 15.5. The van der Waals surface area contributed by atoms with Crippen LogP contribution in [0, 0.1) is 5.92 Å². The Morgan fingerprint density at radius 1 is 1.19 bits per heavy atom. The quantitative estimate of drug-likeness (QED) is 0.701. The number of nitrogens with one attached hydrogen (secondary N) is 1. The minimum absolute atomic E-state index is 0.0353. The van der Waals surface area contributed by atoms with Gasteiger partial charge < -0.3 is 9.73 Å². The van der Waals surface area contributed by atoms with Gasteiger partial charge in [0.1, 0.15) is 0 Å². The van der Waals surface area contributed by atoms with E-state index in [0.29, 0.717) is 24.1 Å². The van der Waals surface area contributed by atoms with Crippen LogP contribution in [-0.4, -0.2) is 27.6 Å². The highest BCUT2D eigenvalue weighted by molar-refractivity contribution is 7.08. The monoisotopic (exact) mass is 382 g/mol. The third-order valence-corrected chi connectivity index (χ3v) is 5.74. The molecule has 6 nitrogen and oxygen atoms in total. The summed E-state index contributed by atoms with van der Waals surface area (Å²) >= 11 is 1.62. The fourth-order valence-electron chi connectivity index (χ4n) is 3.50. The number of rotatable bonds is 6. The Kier molecular flexibility index (Phi) is 5.58. The Morgan fingerprint density at radius 2 is 2.07 bits per heavy atom. The second-order valence-corrected chi connectivity index (χ2v) is 7.76. The van der Waals surface area contributed by atoms with E-state index in [2.05, 4.69) is 20.5 Å². The number of hydrogen-bond acceptors (Lipinski definition) is 6. The first kappa shape index (κ1) is 17.9. The predicted octanol–water partition coefficient (Wildman–Crippen LogP) is 3.83. The van der Waals surface area contributed by atoms with Crippen LogP contribution in [0.2, 0.25) is 0 Å². The number of carbonyl (C=O) groups excluding carboxylic acids is 1. The number of aromatic nitrogens is 3. The van der Waals surface area contributed by atoms with Gasteiger partial charge in [-0.05, 0) is 55.2 Å². The standard InChI is InChI=1S/C20H22N4O2S/c25-18(11-17-3-1-2-9-21-17)22-12-14-4-6-15(7-5-14)19-23-24-20(26-19)16-8-10-27-13-16/h1-3,8-10,13-15H,4-7,11-12H2,(H,22,25). The number of hydrogen-bond donors (Lipinski definition) is 1. The number of thiophene rings is 1. The van der Waals surface area contributed by atoms with Crippen LogP contribution in [0.1, 0.15) is 43.2 Å². The zero-order valence-electron chi connectivity index (χ0n) is 15.0. The van der Waals surface area contributed by atoms with Crippen molar-refractivity contribution in [3.8, 4) is 11.5 Å². The molecule has 7 heteroatoms. The molecule has 1 N–H and O–H groups in total. The molecule has 3 heterocycles. The predicted molar refractivity (Wildman–Crippen MR) is 103 cm³/mol. The molecular weight excluding hydrogens is 360 g/mol. The number of pyridine rings is 1. The van der Waals surface area contributed by atoms with E-state index >= 15 is 0 Å². The molecule has 0 spiro atoms. The average molecular weight is 382 g/mol. The van der Waals surface area contributed by atoms with E-state index in [9.17, 15) is 4.79 Å². The molecule has 140 valence electrons. The maximum atomic E-state index is 12.1. The van der Waals surface area contributed by atoms with Crippen molar-refractivity contribution in [1.82, 2.24) is 20.5 Å². The van der Waals surface area contributed by atoms with Crippen LogP contribution in [0.25, 0.3) is 11.5 Å². The molecule has 0 unspecified atom stereocenters. The van der Waals surface area contributed by atoms with Crippen LogP contribution in [-0.2, 0) is 11.2 Å². The first-order valence-corrected chi connectivity index (χ1v) is 10.2. The van der Waals surface area contributed by atoms with Crippen LogP contribution in [0.4, 0.5) is 0 Å². The van der Waals surface area contributed by atoms with Gasteiger partial charge in [0, 0.05) is 35.3 Å². The molecule has 0 radical (unpaired) electrons. The highest BCUT2D eigenvalue weighted by Crippen LogP contribution is 2.36. The normalized spacial score (nSPS) is 19.7. The minimum atomic E-state index is 0.0353. The van der Waals surface area contributed by atoms with Crippen LogP contribution >= 0.6 is 11.3 Å². The number of nitrogens with zero attached hydrogens (tertiary/aromatic N) is 3. The number of carbonyl (C=O) groups is 1. The minimum Gasteiger partial charge on any atom is -0.420 e. The molecule has 0 bridgehead atoms. The summed E-state index contributed by atoms with van der Waals surface area (Å²) in [6.45, 7) is 0.725. The lowest BCUT2D eigenvalue weighted by molar-refractivity contribution is -0.120. The zero-order chi connectivity index (χ0) is 18.5. The first-order valence-electron chi connectivity index (χ1n) is 9.30. The van der Waals surface area contributed by atoms with Gasteiger partial charge in [-0.1, -0.05) is 6.07 Å². The summed E-state index contributed by atoms with van der Waals surface area (Å²) in [4.78, 5) is 16.3. The molecule has 3 aromatic rings. The van der Waals surface area contributed by atoms with Gasteiger partial charge in [-0.15, -0.1) is 10.2 Å². The van der Waals surface area contributed by atoms with Crippen molar-refractivity contribution in [2.45, 2.75) is 38.0 Å². The summed E-state index contributed by atoms with van der Waals surface area (Å²) in [6.07, 6.45) is 6.21. The van der Waals surface area contributed by atoms with Crippen molar-refractivity contribution < 1.29 is 9.21 Å². The van der Waals surface area contributed by atoms with Gasteiger partial charge >= 0.3 is 0 Å². The molecule has 0 atom stereocenters. The summed E-state index contributed by atoms with van der Waals surface area (Å²) in [6, 6.07) is 7.62. The van der Waals surface area contributed by atoms with E-state index in [0.717, 1.165) is 49.4 Å². The van der Waals surface area contributed by atoms with Crippen LogP contribution < -0.4 is 5.32 Å². The lowest BCUT2D eigenvalue weighted by Gasteiger charge is -2.26. The lowest BCUT2D eigenvalue weighted by atomic mass is 9.82. The third-order valence-electron chi connectivity index (χ3n) is 5.06. The smallest absolute Gasteiger partial charge is 0.248 e. The zero-order valence-corrected chi connectivity index (χ0v) is 15.8. The second kappa shape index (κ2) is 8.43. The van der Waals surface area contributed by atoms with E-state index in [1.165, 1.54) is 0 Å². The average Bonchev–Trinajstić information content (AvgIpc) is 3.39. The van der Waals surface area contributed by atoms with Gasteiger partial charge in [-0.25, -0.2) is 0 Å². The van der Waals surface area contributed by atoms with Gasteiger partial charge in [0.15, 0.2) is 0 Å². The largest absolute Gasteiger partial charge is 0.420 e. The van der Waals surface area contributed by atoms with Gasteiger partial charge in [0.2, 0.25) is 17.7 Å². The second-order valence-electron chi connectivity index (χ2n) is 6.98. The van der Waals surface area contributed by atoms with Gasteiger partial charge in [-0.3, -0.25) is 9.78 Å². The highest BCUT2D eigenvalue weighted by atomic mass is 32.1. The molecule has 0 aliphatic heterocycles. The first-order chi connectivity index (χ1) is 13.3. The number of amides is 1. The maximum absolute atomic E-state index is 12.1. The highest BCUT2D eigenvalue weighted by Gasteiger charge is 2.26. The Balaban J connectivity index is 1.23. The molecule has 1 aliphatic carbocycles. The molecule has 1 aliphatic rings. The van der Waals surface area contributed by atoms with Crippen LogP contribution in [0.5, 0.6) is 0 Å². The van der Waals surface area contributed by atoms with Gasteiger partial charge in [0.25, 0.3) is 0 Å². The summed E-state index contributed by atoms with van der Waals surface area (Å²) in [5.74, 6) is 2.22. The van der Waals surface area contributed by atoms with Crippen LogP contribution in [0.3, 0.4) is 0 Å². The van der Waals surface area contributed by atoms with Gasteiger partial charge in [-0.2, -0.15) is 11.3 Å². The molecule has 1 fully saturated rings. The van der Waals surface area contributed by atoms with Crippen molar-refractivity contribution >= 4 is 17.2 Å². The van der Waals surface area contributed by atoms with Crippen molar-refractivity contribution in [1.29, 1.82) is 0 Å². The summed E-state index contributed by atoms with van der Waals surface area (Å²) in [5.41, 5.74) is 1.79. The molecule has 1 amide bonds. The molecule has 1 saturated carbocycles. The third kappa shape index (κ3) is 4.60. The summed E-state index contributed by atoms with van der Waals surface area (Å²) < 4.78 is 5.88. The fourth-order valence-corrected chi connectivity index (χ4v) is 4.13. The molecule has 4 rings (SSSR count). The van der Waals surface area contributed by atoms with E-state index in [-0.39, 0.29) is 5.91 Å². The Hall–Kier alpha value is -2.54. The molecular formula is C20H22N4O2S. The Bertz CT molecular complexity index is 855. The lowest BCUT2D eigenvalue weighted by Crippen LogP contribution is -2.32. The van der Waals surface area contributed by atoms with Gasteiger partial charge in [0.05, 0.1) is 6.42 Å². The van der Waals surface area contributed by atoms with Crippen LogP contribution in [0.15, 0.2) is 45.6 Å². The van der Waals surface area contributed by atoms with E-state index in [4.69, 9.17) is 4.42 Å². The maximum Gasteiger partial charge on any atom is 0.248 e. The Labute approximate surface area is 162 Å². The molecule has 3 aromatic heterocycles. The van der Waals surface area contributed by atoms with E-state index in [1.807, 2.05) is 35.0 Å². The van der Waals surface area contributed by atoms with Crippen molar-refractivity contribution in [2.75, 3.05) is 6.54 Å². The fraction of sp³-hybridized carbons (Fsp3) is 0.400. The van der Waals surface area contributed by atoms with Crippen molar-refractivity contribution in [3.05, 3.63) is 52.8 Å². The molecule has 0 aromatic carbocycles. The van der Waals surface area contributed by atoms with Crippen molar-refractivity contribution in [3.63, 3.8) is 0 Å². The topological polar surface area (TPSA) is 80.9 Å².